The highest BCUT2D eigenvalue weighted by molar-refractivity contribution is 5.70. The number of carbonyl (C=O) groups is 1. The Morgan fingerprint density at radius 2 is 1.90 bits per heavy atom. The van der Waals surface area contributed by atoms with Gasteiger partial charge in [0.05, 0.1) is 5.92 Å². The van der Waals surface area contributed by atoms with Gasteiger partial charge >= 0.3 is 5.97 Å². The maximum atomic E-state index is 11.4. The van der Waals surface area contributed by atoms with Crippen LogP contribution in [0.4, 0.5) is 0 Å². The first kappa shape index (κ1) is 14.6. The fraction of sp³-hybridized carbons (Fsp3) is 0.611. The molecule has 3 unspecified atom stereocenters. The minimum absolute atomic E-state index is 0.137. The van der Waals surface area contributed by atoms with E-state index in [0.717, 1.165) is 38.6 Å². The van der Waals surface area contributed by atoms with E-state index in [-0.39, 0.29) is 5.92 Å². The van der Waals surface area contributed by atoms with Gasteiger partial charge in [-0.1, -0.05) is 37.1 Å². The Morgan fingerprint density at radius 1 is 1.14 bits per heavy atom. The first-order chi connectivity index (χ1) is 10.2. The van der Waals surface area contributed by atoms with Crippen molar-refractivity contribution in [3.63, 3.8) is 0 Å². The molecule has 0 spiro atoms. The third kappa shape index (κ3) is 3.46. The van der Waals surface area contributed by atoms with Gasteiger partial charge in [-0.25, -0.2) is 0 Å². The van der Waals surface area contributed by atoms with Gasteiger partial charge in [-0.05, 0) is 55.7 Å². The topological polar surface area (TPSA) is 49.3 Å². The number of aryl methyl sites for hydroxylation is 1. The summed E-state index contributed by atoms with van der Waals surface area (Å²) in [4.78, 5) is 11.4. The SMILES string of the molecule is O=C(O)C1CCCCC1CNC1CCc2ccccc2C1. The van der Waals surface area contributed by atoms with Crippen LogP contribution >= 0.6 is 0 Å². The molecule has 114 valence electrons. The summed E-state index contributed by atoms with van der Waals surface area (Å²) in [6.07, 6.45) is 7.57. The number of fused-ring (bicyclic) bond motifs is 1. The molecule has 0 bridgehead atoms. The van der Waals surface area contributed by atoms with Crippen LogP contribution in [0.3, 0.4) is 0 Å². The Kier molecular flexibility index (Phi) is 4.59. The second-order valence-corrected chi connectivity index (χ2v) is 6.61. The molecule has 1 aromatic carbocycles. The van der Waals surface area contributed by atoms with Crippen LogP contribution in [-0.4, -0.2) is 23.7 Å². The van der Waals surface area contributed by atoms with Gasteiger partial charge in [0, 0.05) is 6.04 Å². The van der Waals surface area contributed by atoms with Crippen molar-refractivity contribution < 1.29 is 9.90 Å². The molecule has 0 heterocycles. The third-order valence-corrected chi connectivity index (χ3v) is 5.24. The van der Waals surface area contributed by atoms with Crippen molar-refractivity contribution in [3.8, 4) is 0 Å². The first-order valence-electron chi connectivity index (χ1n) is 8.27. The van der Waals surface area contributed by atoms with Crippen molar-refractivity contribution >= 4 is 5.97 Å². The van der Waals surface area contributed by atoms with E-state index in [0.29, 0.717) is 12.0 Å². The maximum Gasteiger partial charge on any atom is 0.306 e. The van der Waals surface area contributed by atoms with Gasteiger partial charge in [0.2, 0.25) is 0 Å². The van der Waals surface area contributed by atoms with Crippen molar-refractivity contribution in [1.29, 1.82) is 0 Å². The zero-order valence-corrected chi connectivity index (χ0v) is 12.6. The number of benzene rings is 1. The zero-order valence-electron chi connectivity index (χ0n) is 12.6. The number of rotatable bonds is 4. The molecule has 2 aliphatic rings. The summed E-state index contributed by atoms with van der Waals surface area (Å²) >= 11 is 0. The number of hydrogen-bond acceptors (Lipinski definition) is 2. The molecule has 3 nitrogen and oxygen atoms in total. The number of hydrogen-bond donors (Lipinski definition) is 2. The van der Waals surface area contributed by atoms with Gasteiger partial charge in [0.1, 0.15) is 0 Å². The van der Waals surface area contributed by atoms with Gasteiger partial charge in [-0.2, -0.15) is 0 Å². The second kappa shape index (κ2) is 6.61. The van der Waals surface area contributed by atoms with E-state index in [4.69, 9.17) is 0 Å². The van der Waals surface area contributed by atoms with Crippen molar-refractivity contribution in [2.24, 2.45) is 11.8 Å². The second-order valence-electron chi connectivity index (χ2n) is 6.61. The molecule has 1 fully saturated rings. The predicted molar refractivity (Wildman–Crippen MR) is 83.3 cm³/mol. The number of carboxylic acid groups (broad SMARTS) is 1. The fourth-order valence-corrected chi connectivity index (χ4v) is 3.97. The van der Waals surface area contributed by atoms with Crippen LogP contribution < -0.4 is 5.32 Å². The van der Waals surface area contributed by atoms with Crippen LogP contribution in [0.2, 0.25) is 0 Å². The van der Waals surface area contributed by atoms with Crippen LogP contribution in [0.1, 0.15) is 43.2 Å². The molecular formula is C18H25NO2. The molecule has 3 atom stereocenters. The number of aliphatic carboxylic acids is 1. The molecule has 3 heteroatoms. The molecule has 0 radical (unpaired) electrons. The highest BCUT2D eigenvalue weighted by atomic mass is 16.4. The van der Waals surface area contributed by atoms with E-state index in [1.165, 1.54) is 24.0 Å². The third-order valence-electron chi connectivity index (χ3n) is 5.24. The Morgan fingerprint density at radius 3 is 2.71 bits per heavy atom. The zero-order chi connectivity index (χ0) is 14.7. The minimum atomic E-state index is -0.601. The van der Waals surface area contributed by atoms with Crippen molar-refractivity contribution in [1.82, 2.24) is 5.32 Å². The lowest BCUT2D eigenvalue weighted by Crippen LogP contribution is -2.41. The van der Waals surface area contributed by atoms with Crippen molar-refractivity contribution in [2.45, 2.75) is 51.0 Å². The van der Waals surface area contributed by atoms with Crippen LogP contribution in [0.15, 0.2) is 24.3 Å². The molecule has 0 amide bonds. The normalized spacial score (nSPS) is 28.9. The monoisotopic (exact) mass is 287 g/mol. The van der Waals surface area contributed by atoms with E-state index in [2.05, 4.69) is 29.6 Å². The minimum Gasteiger partial charge on any atom is -0.481 e. The number of carboxylic acids is 1. The molecular weight excluding hydrogens is 262 g/mol. The fourth-order valence-electron chi connectivity index (χ4n) is 3.97. The van der Waals surface area contributed by atoms with Gasteiger partial charge in [0.15, 0.2) is 0 Å². The Balaban J connectivity index is 1.55. The lowest BCUT2D eigenvalue weighted by molar-refractivity contribution is -0.144. The molecule has 0 saturated heterocycles. The lowest BCUT2D eigenvalue weighted by Gasteiger charge is -2.32. The summed E-state index contributed by atoms with van der Waals surface area (Å²) in [5.74, 6) is -0.425. The largest absolute Gasteiger partial charge is 0.481 e. The Hall–Kier alpha value is -1.35. The molecule has 2 aliphatic carbocycles. The van der Waals surface area contributed by atoms with Gasteiger partial charge in [0.25, 0.3) is 0 Å². The van der Waals surface area contributed by atoms with E-state index in [1.54, 1.807) is 0 Å². The summed E-state index contributed by atoms with van der Waals surface area (Å²) in [5.41, 5.74) is 2.94. The van der Waals surface area contributed by atoms with Crippen LogP contribution in [-0.2, 0) is 17.6 Å². The van der Waals surface area contributed by atoms with E-state index in [9.17, 15) is 9.90 Å². The van der Waals surface area contributed by atoms with Gasteiger partial charge in [-0.15, -0.1) is 0 Å². The van der Waals surface area contributed by atoms with E-state index >= 15 is 0 Å². The standard InChI is InChI=1S/C18H25NO2/c20-18(21)17-8-4-3-7-15(17)12-19-16-10-9-13-5-1-2-6-14(13)11-16/h1-2,5-6,15-17,19H,3-4,7-12H2,(H,20,21). The molecule has 0 aromatic heterocycles. The lowest BCUT2D eigenvalue weighted by atomic mass is 9.79. The predicted octanol–water partition coefficient (Wildman–Crippen LogP) is 3.02. The maximum absolute atomic E-state index is 11.4. The summed E-state index contributed by atoms with van der Waals surface area (Å²) in [7, 11) is 0. The first-order valence-corrected chi connectivity index (χ1v) is 8.27. The summed E-state index contributed by atoms with van der Waals surface area (Å²) in [5, 5.41) is 13.0. The molecule has 2 N–H and O–H groups in total. The smallest absolute Gasteiger partial charge is 0.306 e. The average Bonchev–Trinajstić information content (AvgIpc) is 2.53. The van der Waals surface area contributed by atoms with E-state index in [1.807, 2.05) is 0 Å². The van der Waals surface area contributed by atoms with Crippen LogP contribution in [0.5, 0.6) is 0 Å². The van der Waals surface area contributed by atoms with E-state index < -0.39 is 5.97 Å². The quantitative estimate of drug-likeness (QED) is 0.895. The van der Waals surface area contributed by atoms with Gasteiger partial charge < -0.3 is 10.4 Å². The molecule has 1 aromatic rings. The molecule has 21 heavy (non-hydrogen) atoms. The highest BCUT2D eigenvalue weighted by Gasteiger charge is 2.31. The summed E-state index contributed by atoms with van der Waals surface area (Å²) in [6.45, 7) is 0.865. The molecule has 3 rings (SSSR count). The Bertz CT molecular complexity index is 500. The Labute approximate surface area is 126 Å². The molecule has 1 saturated carbocycles. The van der Waals surface area contributed by atoms with Crippen molar-refractivity contribution in [2.75, 3.05) is 6.54 Å². The average molecular weight is 287 g/mol. The van der Waals surface area contributed by atoms with Crippen LogP contribution in [0, 0.1) is 11.8 Å². The summed E-state index contributed by atoms with van der Waals surface area (Å²) in [6, 6.07) is 9.20. The highest BCUT2D eigenvalue weighted by Crippen LogP contribution is 2.30. The summed E-state index contributed by atoms with van der Waals surface area (Å²) < 4.78 is 0. The van der Waals surface area contributed by atoms with Gasteiger partial charge in [-0.3, -0.25) is 4.79 Å². The van der Waals surface area contributed by atoms with Crippen LogP contribution in [0.25, 0.3) is 0 Å². The molecule has 0 aliphatic heterocycles. The number of nitrogens with one attached hydrogen (secondary N) is 1. The van der Waals surface area contributed by atoms with Crippen molar-refractivity contribution in [3.05, 3.63) is 35.4 Å².